The highest BCUT2D eigenvalue weighted by atomic mass is 16.7. The molecule has 0 heterocycles. The Bertz CT molecular complexity index is 527. The SMILES string of the molecule is CC(C)CCC(=O)ONC(=O)COc1ccc([N+](=O)[O-])cc1. The number of ether oxygens (including phenoxy) is 1. The fourth-order valence-corrected chi connectivity index (χ4v) is 1.41. The van der Waals surface area contributed by atoms with Crippen molar-refractivity contribution in [2.24, 2.45) is 5.92 Å². The molecule has 0 aliphatic rings. The van der Waals surface area contributed by atoms with Gasteiger partial charge in [0.25, 0.3) is 11.6 Å². The van der Waals surface area contributed by atoms with Gasteiger partial charge in [-0.05, 0) is 24.5 Å². The van der Waals surface area contributed by atoms with Crippen LogP contribution in [0.5, 0.6) is 5.75 Å². The lowest BCUT2D eigenvalue weighted by molar-refractivity contribution is -0.384. The number of hydrogen-bond acceptors (Lipinski definition) is 6. The first-order valence-corrected chi connectivity index (χ1v) is 6.74. The summed E-state index contributed by atoms with van der Waals surface area (Å²) < 4.78 is 5.11. The number of hydrogen-bond donors (Lipinski definition) is 1. The quantitative estimate of drug-likeness (QED) is 0.609. The van der Waals surface area contributed by atoms with Crippen LogP contribution in [0, 0.1) is 16.0 Å². The fraction of sp³-hybridized carbons (Fsp3) is 0.429. The Morgan fingerprint density at radius 1 is 1.27 bits per heavy atom. The van der Waals surface area contributed by atoms with E-state index in [2.05, 4.69) is 4.84 Å². The molecule has 0 atom stereocenters. The maximum Gasteiger partial charge on any atom is 0.332 e. The predicted octanol–water partition coefficient (Wildman–Crippen LogP) is 1.98. The summed E-state index contributed by atoms with van der Waals surface area (Å²) in [5, 5.41) is 10.5. The van der Waals surface area contributed by atoms with Gasteiger partial charge < -0.3 is 9.57 Å². The van der Waals surface area contributed by atoms with Gasteiger partial charge in [0, 0.05) is 18.6 Å². The second-order valence-electron chi connectivity index (χ2n) is 4.97. The van der Waals surface area contributed by atoms with E-state index in [4.69, 9.17) is 4.74 Å². The molecule has 0 unspecified atom stereocenters. The average molecular weight is 310 g/mol. The van der Waals surface area contributed by atoms with Gasteiger partial charge in [-0.3, -0.25) is 14.9 Å². The molecule has 0 aliphatic heterocycles. The zero-order valence-corrected chi connectivity index (χ0v) is 12.4. The Kier molecular flexibility index (Phi) is 6.81. The van der Waals surface area contributed by atoms with Crippen LogP contribution in [-0.4, -0.2) is 23.4 Å². The minimum Gasteiger partial charge on any atom is -0.484 e. The van der Waals surface area contributed by atoms with E-state index in [1.807, 2.05) is 19.3 Å². The molecular weight excluding hydrogens is 292 g/mol. The van der Waals surface area contributed by atoms with Crippen LogP contribution in [0.3, 0.4) is 0 Å². The largest absolute Gasteiger partial charge is 0.484 e. The summed E-state index contributed by atoms with van der Waals surface area (Å²) in [5.74, 6) is -0.478. The molecule has 0 saturated heterocycles. The minimum atomic E-state index is -0.628. The van der Waals surface area contributed by atoms with E-state index in [0.29, 0.717) is 18.1 Å². The van der Waals surface area contributed by atoms with Crippen molar-refractivity contribution in [3.05, 3.63) is 34.4 Å². The number of carbonyl (C=O) groups excluding carboxylic acids is 2. The molecule has 1 amide bonds. The van der Waals surface area contributed by atoms with Crippen LogP contribution in [0.4, 0.5) is 5.69 Å². The standard InChI is InChI=1S/C14H18N2O6/c1-10(2)3-8-14(18)22-15-13(17)9-21-12-6-4-11(5-7-12)16(19)20/h4-7,10H,3,8-9H2,1-2H3,(H,15,17). The molecule has 0 aromatic heterocycles. The van der Waals surface area contributed by atoms with Crippen molar-refractivity contribution in [2.45, 2.75) is 26.7 Å². The maximum absolute atomic E-state index is 11.4. The van der Waals surface area contributed by atoms with E-state index in [0.717, 1.165) is 0 Å². The lowest BCUT2D eigenvalue weighted by Crippen LogP contribution is -2.31. The molecule has 0 bridgehead atoms. The van der Waals surface area contributed by atoms with Crippen LogP contribution >= 0.6 is 0 Å². The Labute approximate surface area is 127 Å². The summed E-state index contributed by atoms with van der Waals surface area (Å²) >= 11 is 0. The molecule has 1 rings (SSSR count). The van der Waals surface area contributed by atoms with Crippen molar-refractivity contribution in [1.29, 1.82) is 0 Å². The second-order valence-corrected chi connectivity index (χ2v) is 4.97. The number of nitro groups is 1. The van der Waals surface area contributed by atoms with Crippen molar-refractivity contribution in [1.82, 2.24) is 5.48 Å². The number of non-ortho nitro benzene ring substituents is 1. The van der Waals surface area contributed by atoms with Crippen molar-refractivity contribution < 1.29 is 24.1 Å². The highest BCUT2D eigenvalue weighted by Gasteiger charge is 2.09. The maximum atomic E-state index is 11.4. The molecule has 0 saturated carbocycles. The van der Waals surface area contributed by atoms with Crippen LogP contribution < -0.4 is 10.2 Å². The Morgan fingerprint density at radius 2 is 1.91 bits per heavy atom. The summed E-state index contributed by atoms with van der Waals surface area (Å²) in [6, 6.07) is 5.28. The molecule has 0 aliphatic carbocycles. The molecule has 1 aromatic carbocycles. The summed E-state index contributed by atoms with van der Waals surface area (Å²) in [4.78, 5) is 37.2. The molecule has 22 heavy (non-hydrogen) atoms. The molecule has 0 fully saturated rings. The summed E-state index contributed by atoms with van der Waals surface area (Å²) in [7, 11) is 0. The molecule has 1 N–H and O–H groups in total. The van der Waals surface area contributed by atoms with Crippen LogP contribution in [0.1, 0.15) is 26.7 Å². The number of nitro benzene ring substituents is 1. The first-order chi connectivity index (χ1) is 10.4. The number of rotatable bonds is 7. The van der Waals surface area contributed by atoms with Gasteiger partial charge in [0.2, 0.25) is 0 Å². The molecule has 8 heteroatoms. The third-order valence-electron chi connectivity index (χ3n) is 2.62. The smallest absolute Gasteiger partial charge is 0.332 e. The first kappa shape index (κ1) is 17.4. The normalized spacial score (nSPS) is 10.1. The molecule has 120 valence electrons. The lowest BCUT2D eigenvalue weighted by atomic mass is 10.1. The number of amides is 1. The topological polar surface area (TPSA) is 108 Å². The molecule has 8 nitrogen and oxygen atoms in total. The van der Waals surface area contributed by atoms with Crippen LogP contribution in [-0.2, 0) is 14.4 Å². The van der Waals surface area contributed by atoms with Crippen LogP contribution in [0.15, 0.2) is 24.3 Å². The first-order valence-electron chi connectivity index (χ1n) is 6.74. The predicted molar refractivity (Wildman–Crippen MR) is 76.9 cm³/mol. The molecule has 0 radical (unpaired) electrons. The van der Waals surface area contributed by atoms with Gasteiger partial charge >= 0.3 is 5.97 Å². The van der Waals surface area contributed by atoms with Gasteiger partial charge in [0.05, 0.1) is 4.92 Å². The van der Waals surface area contributed by atoms with E-state index in [-0.39, 0.29) is 18.7 Å². The van der Waals surface area contributed by atoms with E-state index >= 15 is 0 Å². The van der Waals surface area contributed by atoms with Crippen molar-refractivity contribution in [3.63, 3.8) is 0 Å². The van der Waals surface area contributed by atoms with Gasteiger partial charge in [-0.1, -0.05) is 13.8 Å². The highest BCUT2D eigenvalue weighted by Crippen LogP contribution is 2.17. The van der Waals surface area contributed by atoms with E-state index in [1.165, 1.54) is 24.3 Å². The number of carbonyl (C=O) groups is 2. The Balaban J connectivity index is 2.28. The van der Waals surface area contributed by atoms with Gasteiger partial charge in [0.1, 0.15) is 5.75 Å². The van der Waals surface area contributed by atoms with Crippen molar-refractivity contribution in [2.75, 3.05) is 6.61 Å². The van der Waals surface area contributed by atoms with Crippen LogP contribution in [0.2, 0.25) is 0 Å². The molecular formula is C14H18N2O6. The van der Waals surface area contributed by atoms with Crippen LogP contribution in [0.25, 0.3) is 0 Å². The van der Waals surface area contributed by atoms with E-state index in [1.54, 1.807) is 0 Å². The van der Waals surface area contributed by atoms with Gasteiger partial charge in [-0.25, -0.2) is 4.79 Å². The monoisotopic (exact) mass is 310 g/mol. The zero-order chi connectivity index (χ0) is 16.5. The number of benzene rings is 1. The average Bonchev–Trinajstić information content (AvgIpc) is 2.49. The summed E-state index contributed by atoms with van der Waals surface area (Å²) in [6.45, 7) is 3.59. The highest BCUT2D eigenvalue weighted by molar-refractivity contribution is 5.79. The van der Waals surface area contributed by atoms with Gasteiger partial charge in [-0.15, -0.1) is 0 Å². The zero-order valence-electron chi connectivity index (χ0n) is 12.4. The Hall–Kier alpha value is -2.64. The number of nitrogens with zero attached hydrogens (tertiary/aromatic N) is 1. The summed E-state index contributed by atoms with van der Waals surface area (Å²) in [5.41, 5.74) is 1.91. The van der Waals surface area contributed by atoms with E-state index < -0.39 is 16.8 Å². The van der Waals surface area contributed by atoms with E-state index in [9.17, 15) is 19.7 Å². The summed E-state index contributed by atoms with van der Waals surface area (Å²) in [6.07, 6.45) is 0.898. The van der Waals surface area contributed by atoms with Gasteiger partial charge in [-0.2, -0.15) is 5.48 Å². The number of nitrogens with one attached hydrogen (secondary N) is 1. The molecule has 1 aromatic rings. The second kappa shape index (κ2) is 8.60. The third kappa shape index (κ3) is 6.69. The fourth-order valence-electron chi connectivity index (χ4n) is 1.41. The van der Waals surface area contributed by atoms with Crippen molar-refractivity contribution >= 4 is 17.6 Å². The number of hydroxylamine groups is 1. The minimum absolute atomic E-state index is 0.0733. The third-order valence-corrected chi connectivity index (χ3v) is 2.62. The van der Waals surface area contributed by atoms with Gasteiger partial charge in [0.15, 0.2) is 6.61 Å². The lowest BCUT2D eigenvalue weighted by Gasteiger charge is -2.08. The van der Waals surface area contributed by atoms with Crippen molar-refractivity contribution in [3.8, 4) is 5.75 Å². The Morgan fingerprint density at radius 3 is 2.45 bits per heavy atom. The molecule has 0 spiro atoms.